The molecule has 0 unspecified atom stereocenters. The van der Waals surface area contributed by atoms with Crippen LogP contribution in [0.2, 0.25) is 0 Å². The maximum Gasteiger partial charge on any atom is 0.236 e. The van der Waals surface area contributed by atoms with Gasteiger partial charge in [0.05, 0.1) is 12.6 Å². The Morgan fingerprint density at radius 2 is 1.95 bits per heavy atom. The van der Waals surface area contributed by atoms with Crippen LogP contribution in [0, 0.1) is 0 Å². The van der Waals surface area contributed by atoms with Gasteiger partial charge in [-0.25, -0.2) is 0 Å². The lowest BCUT2D eigenvalue weighted by molar-refractivity contribution is -0.116. The number of rotatable bonds is 8. The second-order valence-corrected chi connectivity index (χ2v) is 4.76. The summed E-state index contributed by atoms with van der Waals surface area (Å²) in [4.78, 5) is 13.1. The molecule has 0 aliphatic carbocycles. The number of nitrogens with zero attached hydrogens (tertiary/aromatic N) is 1. The van der Waals surface area contributed by atoms with Gasteiger partial charge in [-0.05, 0) is 30.5 Å². The van der Waals surface area contributed by atoms with Crippen molar-refractivity contribution in [1.82, 2.24) is 0 Å². The number of amides is 1. The number of benzene rings is 1. The van der Waals surface area contributed by atoms with E-state index in [-0.39, 0.29) is 12.5 Å². The summed E-state index contributed by atoms with van der Waals surface area (Å²) in [7, 11) is 0. The van der Waals surface area contributed by atoms with Crippen LogP contribution in [0.4, 0.5) is 5.69 Å². The van der Waals surface area contributed by atoms with Gasteiger partial charge in [0.2, 0.25) is 5.91 Å². The minimum Gasteiger partial charge on any atom is -0.388 e. The lowest BCUT2D eigenvalue weighted by Gasteiger charge is -2.23. The molecule has 106 valence electrons. The molecule has 0 fully saturated rings. The highest BCUT2D eigenvalue weighted by molar-refractivity contribution is 5.79. The zero-order valence-electron chi connectivity index (χ0n) is 11.8. The first kappa shape index (κ1) is 15.5. The van der Waals surface area contributed by atoms with E-state index in [4.69, 9.17) is 5.73 Å². The number of unbranched alkanes of at least 4 members (excludes halogenated alkanes) is 1. The molecule has 0 aliphatic heterocycles. The number of aliphatic hydroxyl groups is 1. The van der Waals surface area contributed by atoms with Crippen molar-refractivity contribution in [2.24, 2.45) is 5.73 Å². The van der Waals surface area contributed by atoms with Crippen molar-refractivity contribution in [1.29, 1.82) is 0 Å². The normalized spacial score (nSPS) is 12.2. The van der Waals surface area contributed by atoms with E-state index in [1.54, 1.807) is 0 Å². The van der Waals surface area contributed by atoms with Crippen LogP contribution >= 0.6 is 0 Å². The van der Waals surface area contributed by atoms with Gasteiger partial charge in [0.25, 0.3) is 0 Å². The van der Waals surface area contributed by atoms with Crippen molar-refractivity contribution in [2.75, 3.05) is 18.0 Å². The first-order chi connectivity index (χ1) is 9.08. The predicted molar refractivity (Wildman–Crippen MR) is 78.0 cm³/mol. The molecule has 0 saturated heterocycles. The summed E-state index contributed by atoms with van der Waals surface area (Å²) in [5.74, 6) is -0.325. The number of hydrogen-bond donors (Lipinski definition) is 2. The summed E-state index contributed by atoms with van der Waals surface area (Å²) in [5, 5.41) is 9.76. The fourth-order valence-corrected chi connectivity index (χ4v) is 1.98. The van der Waals surface area contributed by atoms with E-state index in [1.165, 1.54) is 0 Å². The first-order valence-corrected chi connectivity index (χ1v) is 6.89. The SMILES string of the molecule is CCCCN(CC(N)=O)c1ccc([C@@H](O)CC)cc1. The van der Waals surface area contributed by atoms with Crippen LogP contribution in [0.5, 0.6) is 0 Å². The van der Waals surface area contributed by atoms with E-state index in [2.05, 4.69) is 6.92 Å². The molecule has 4 heteroatoms. The Balaban J connectivity index is 2.80. The third-order valence-electron chi connectivity index (χ3n) is 3.16. The molecule has 0 bridgehead atoms. The Kier molecular flexibility index (Phi) is 6.36. The van der Waals surface area contributed by atoms with Crippen LogP contribution in [0.25, 0.3) is 0 Å². The zero-order chi connectivity index (χ0) is 14.3. The molecule has 0 heterocycles. The number of anilines is 1. The average molecular weight is 264 g/mol. The van der Waals surface area contributed by atoms with Crippen LogP contribution in [0.15, 0.2) is 24.3 Å². The average Bonchev–Trinajstić information content (AvgIpc) is 2.42. The molecule has 1 amide bonds. The lowest BCUT2D eigenvalue weighted by atomic mass is 10.1. The molecule has 0 spiro atoms. The number of hydrogen-bond acceptors (Lipinski definition) is 3. The van der Waals surface area contributed by atoms with E-state index in [9.17, 15) is 9.90 Å². The molecular formula is C15H24N2O2. The molecule has 0 saturated carbocycles. The molecule has 0 radical (unpaired) electrons. The van der Waals surface area contributed by atoms with E-state index in [0.29, 0.717) is 6.42 Å². The number of carbonyl (C=O) groups excluding carboxylic acids is 1. The van der Waals surface area contributed by atoms with Gasteiger partial charge in [0.15, 0.2) is 0 Å². The van der Waals surface area contributed by atoms with Crippen LogP contribution in [-0.4, -0.2) is 24.1 Å². The molecule has 3 N–H and O–H groups in total. The molecule has 1 rings (SSSR count). The molecule has 4 nitrogen and oxygen atoms in total. The third kappa shape index (κ3) is 4.91. The number of primary amides is 1. The minimum absolute atomic E-state index is 0.232. The fraction of sp³-hybridized carbons (Fsp3) is 0.533. The van der Waals surface area contributed by atoms with Gasteiger partial charge in [0.1, 0.15) is 0 Å². The van der Waals surface area contributed by atoms with Crippen LogP contribution < -0.4 is 10.6 Å². The van der Waals surface area contributed by atoms with Gasteiger partial charge in [-0.3, -0.25) is 4.79 Å². The van der Waals surface area contributed by atoms with E-state index in [0.717, 1.165) is 30.6 Å². The third-order valence-corrected chi connectivity index (χ3v) is 3.16. The first-order valence-electron chi connectivity index (χ1n) is 6.89. The van der Waals surface area contributed by atoms with Crippen molar-refractivity contribution in [3.63, 3.8) is 0 Å². The summed E-state index contributed by atoms with van der Waals surface area (Å²) in [6.45, 7) is 5.10. The van der Waals surface area contributed by atoms with E-state index >= 15 is 0 Å². The van der Waals surface area contributed by atoms with E-state index < -0.39 is 6.10 Å². The summed E-state index contributed by atoms with van der Waals surface area (Å²) in [6, 6.07) is 7.69. The van der Waals surface area contributed by atoms with Crippen LogP contribution in [0.1, 0.15) is 44.8 Å². The minimum atomic E-state index is -0.422. The molecule has 1 aromatic rings. The Morgan fingerprint density at radius 1 is 1.32 bits per heavy atom. The van der Waals surface area contributed by atoms with Gasteiger partial charge in [0, 0.05) is 12.2 Å². The molecule has 0 aliphatic rings. The summed E-state index contributed by atoms with van der Waals surface area (Å²) in [5.41, 5.74) is 7.16. The second-order valence-electron chi connectivity index (χ2n) is 4.76. The highest BCUT2D eigenvalue weighted by atomic mass is 16.3. The van der Waals surface area contributed by atoms with Crippen molar-refractivity contribution in [3.8, 4) is 0 Å². The lowest BCUT2D eigenvalue weighted by Crippen LogP contribution is -2.34. The zero-order valence-corrected chi connectivity index (χ0v) is 11.8. The molecule has 19 heavy (non-hydrogen) atoms. The van der Waals surface area contributed by atoms with Crippen molar-refractivity contribution in [3.05, 3.63) is 29.8 Å². The molecule has 1 atom stereocenters. The van der Waals surface area contributed by atoms with Gasteiger partial charge in [-0.1, -0.05) is 32.4 Å². The molecular weight excluding hydrogens is 240 g/mol. The molecule has 0 aromatic heterocycles. The second kappa shape index (κ2) is 7.79. The monoisotopic (exact) mass is 264 g/mol. The topological polar surface area (TPSA) is 66.6 Å². The maximum atomic E-state index is 11.1. The van der Waals surface area contributed by atoms with Gasteiger partial charge < -0.3 is 15.7 Å². The summed E-state index contributed by atoms with van der Waals surface area (Å²) in [6.07, 6.45) is 2.36. The van der Waals surface area contributed by atoms with Gasteiger partial charge in [-0.15, -0.1) is 0 Å². The Morgan fingerprint density at radius 3 is 2.42 bits per heavy atom. The summed E-state index contributed by atoms with van der Waals surface area (Å²) < 4.78 is 0. The number of carbonyl (C=O) groups is 1. The highest BCUT2D eigenvalue weighted by Gasteiger charge is 2.10. The highest BCUT2D eigenvalue weighted by Crippen LogP contribution is 2.21. The summed E-state index contributed by atoms with van der Waals surface area (Å²) >= 11 is 0. The Hall–Kier alpha value is -1.55. The van der Waals surface area contributed by atoms with Crippen LogP contribution in [-0.2, 0) is 4.79 Å². The molecule has 1 aromatic carbocycles. The van der Waals surface area contributed by atoms with Gasteiger partial charge >= 0.3 is 0 Å². The Labute approximate surface area is 115 Å². The standard InChI is InChI=1S/C15H24N2O2/c1-3-5-10-17(11-15(16)19)13-8-6-12(7-9-13)14(18)4-2/h6-9,14,18H,3-5,10-11H2,1-2H3,(H2,16,19)/t14-/m0/s1. The van der Waals surface area contributed by atoms with Crippen molar-refractivity contribution >= 4 is 11.6 Å². The predicted octanol–water partition coefficient (Wildman–Crippen LogP) is 2.22. The quantitative estimate of drug-likeness (QED) is 0.756. The van der Waals surface area contributed by atoms with Crippen LogP contribution in [0.3, 0.4) is 0 Å². The smallest absolute Gasteiger partial charge is 0.236 e. The van der Waals surface area contributed by atoms with Crippen molar-refractivity contribution < 1.29 is 9.90 Å². The van der Waals surface area contributed by atoms with Crippen molar-refractivity contribution in [2.45, 2.75) is 39.2 Å². The number of nitrogens with two attached hydrogens (primary N) is 1. The Bertz CT molecular complexity index is 390. The fourth-order valence-electron chi connectivity index (χ4n) is 1.98. The largest absolute Gasteiger partial charge is 0.388 e. The van der Waals surface area contributed by atoms with E-state index in [1.807, 2.05) is 36.1 Å². The van der Waals surface area contributed by atoms with Gasteiger partial charge in [-0.2, -0.15) is 0 Å². The number of aliphatic hydroxyl groups excluding tert-OH is 1. The maximum absolute atomic E-state index is 11.1.